The highest BCUT2D eigenvalue weighted by molar-refractivity contribution is 5.95. The van der Waals surface area contributed by atoms with Gasteiger partial charge in [0.05, 0.1) is 20.3 Å². The number of aromatic nitrogens is 1. The van der Waals surface area contributed by atoms with Gasteiger partial charge in [-0.3, -0.25) is 24.2 Å². The average Bonchev–Trinajstić information content (AvgIpc) is 2.95. The van der Waals surface area contributed by atoms with Gasteiger partial charge in [0.1, 0.15) is 11.6 Å². The summed E-state index contributed by atoms with van der Waals surface area (Å²) in [6.45, 7) is 7.54. The fraction of sp³-hybridized carbons (Fsp3) is 0.667. The maximum atomic E-state index is 13.3. The zero-order chi connectivity index (χ0) is 21.7. The molecule has 2 saturated heterocycles. The minimum Gasteiger partial charge on any atom is -0.468 e. The molecule has 0 aromatic carbocycles. The lowest BCUT2D eigenvalue weighted by Gasteiger charge is -2.28. The Kier molecular flexibility index (Phi) is 7.63. The number of pyridine rings is 1. The Morgan fingerprint density at radius 1 is 1.17 bits per heavy atom. The molecule has 0 saturated carbocycles. The zero-order valence-corrected chi connectivity index (χ0v) is 18.1. The number of aryl methyl sites for hydroxylation is 1. The number of morpholine rings is 1. The van der Waals surface area contributed by atoms with Crippen molar-refractivity contribution in [2.75, 3.05) is 66.6 Å². The monoisotopic (exact) mass is 420 g/mol. The summed E-state index contributed by atoms with van der Waals surface area (Å²) in [6.07, 6.45) is 2.48. The number of methoxy groups -OCH3 is 1. The molecule has 30 heavy (non-hydrogen) atoms. The van der Waals surface area contributed by atoms with Crippen LogP contribution in [0.2, 0.25) is 0 Å². The second-order valence-corrected chi connectivity index (χ2v) is 7.95. The van der Waals surface area contributed by atoms with Gasteiger partial charge in [0.25, 0.3) is 11.5 Å². The predicted molar refractivity (Wildman–Crippen MR) is 112 cm³/mol. The third-order valence-electron chi connectivity index (χ3n) is 5.97. The zero-order valence-electron chi connectivity index (χ0n) is 18.1. The number of carbonyl (C=O) groups is 2. The van der Waals surface area contributed by atoms with Crippen LogP contribution >= 0.6 is 0 Å². The summed E-state index contributed by atoms with van der Waals surface area (Å²) in [5.41, 5.74) is 0.563. The van der Waals surface area contributed by atoms with Gasteiger partial charge in [-0.15, -0.1) is 0 Å². The molecule has 1 unspecified atom stereocenters. The van der Waals surface area contributed by atoms with Crippen molar-refractivity contribution in [3.8, 4) is 0 Å². The molecule has 2 fully saturated rings. The van der Waals surface area contributed by atoms with Crippen molar-refractivity contribution in [3.63, 3.8) is 0 Å². The minimum atomic E-state index is -0.533. The maximum Gasteiger partial charge on any atom is 0.324 e. The molecule has 1 atom stereocenters. The number of rotatable bonds is 5. The van der Waals surface area contributed by atoms with Gasteiger partial charge in [-0.05, 0) is 32.0 Å². The Bertz CT molecular complexity index is 818. The Morgan fingerprint density at radius 3 is 2.60 bits per heavy atom. The number of hydrogen-bond acceptors (Lipinski definition) is 7. The first kappa shape index (κ1) is 22.5. The predicted octanol–water partition coefficient (Wildman–Crippen LogP) is -0.192. The highest BCUT2D eigenvalue weighted by Gasteiger charge is 2.32. The largest absolute Gasteiger partial charge is 0.468 e. The van der Waals surface area contributed by atoms with Gasteiger partial charge in [-0.2, -0.15) is 0 Å². The maximum absolute atomic E-state index is 13.3. The fourth-order valence-electron chi connectivity index (χ4n) is 4.01. The van der Waals surface area contributed by atoms with E-state index in [1.807, 2.05) is 18.0 Å². The Morgan fingerprint density at radius 2 is 1.90 bits per heavy atom. The van der Waals surface area contributed by atoms with Crippen LogP contribution in [0.25, 0.3) is 0 Å². The molecule has 0 bridgehead atoms. The molecule has 1 amide bonds. The smallest absolute Gasteiger partial charge is 0.324 e. The van der Waals surface area contributed by atoms with Crippen molar-refractivity contribution in [3.05, 3.63) is 33.7 Å². The van der Waals surface area contributed by atoms with E-state index in [4.69, 9.17) is 9.47 Å². The second kappa shape index (κ2) is 10.2. The van der Waals surface area contributed by atoms with Gasteiger partial charge in [0.2, 0.25) is 0 Å². The van der Waals surface area contributed by atoms with Crippen LogP contribution in [0, 0.1) is 6.92 Å². The number of amides is 1. The summed E-state index contributed by atoms with van der Waals surface area (Å²) in [5.74, 6) is -0.688. The van der Waals surface area contributed by atoms with Crippen LogP contribution in [0.4, 0.5) is 0 Å². The normalized spacial score (nSPS) is 21.3. The van der Waals surface area contributed by atoms with Crippen molar-refractivity contribution in [1.82, 2.24) is 19.3 Å². The second-order valence-electron chi connectivity index (χ2n) is 7.95. The van der Waals surface area contributed by atoms with Crippen molar-refractivity contribution < 1.29 is 19.1 Å². The Balaban J connectivity index is 1.78. The van der Waals surface area contributed by atoms with Crippen LogP contribution in [-0.2, 0) is 20.8 Å². The fourth-order valence-corrected chi connectivity index (χ4v) is 4.01. The van der Waals surface area contributed by atoms with Crippen LogP contribution < -0.4 is 5.56 Å². The lowest BCUT2D eigenvalue weighted by Crippen LogP contribution is -2.47. The quantitative estimate of drug-likeness (QED) is 0.611. The van der Waals surface area contributed by atoms with E-state index in [9.17, 15) is 14.4 Å². The number of nitrogens with zero attached hydrogens (tertiary/aromatic N) is 4. The van der Waals surface area contributed by atoms with Gasteiger partial charge in [0.15, 0.2) is 0 Å². The number of likely N-dealkylation sites (N-methyl/N-ethyl adjacent to an activating group) is 1. The van der Waals surface area contributed by atoms with Gasteiger partial charge in [-0.25, -0.2) is 0 Å². The van der Waals surface area contributed by atoms with E-state index in [1.54, 1.807) is 22.6 Å². The van der Waals surface area contributed by atoms with Crippen LogP contribution in [0.3, 0.4) is 0 Å². The van der Waals surface area contributed by atoms with Crippen molar-refractivity contribution in [1.29, 1.82) is 0 Å². The number of ether oxygens (including phenoxy) is 2. The van der Waals surface area contributed by atoms with Crippen molar-refractivity contribution >= 4 is 11.9 Å². The summed E-state index contributed by atoms with van der Waals surface area (Å²) in [6, 6.07) is 1.28. The van der Waals surface area contributed by atoms with Crippen LogP contribution in [0.15, 0.2) is 17.1 Å². The molecule has 1 aromatic rings. The van der Waals surface area contributed by atoms with Gasteiger partial charge >= 0.3 is 5.97 Å². The highest BCUT2D eigenvalue weighted by atomic mass is 16.5. The number of esters is 1. The molecule has 0 aliphatic carbocycles. The molecule has 0 radical (unpaired) electrons. The molecule has 166 valence electrons. The number of carbonyl (C=O) groups excluding carboxylic acids is 2. The van der Waals surface area contributed by atoms with Gasteiger partial charge in [-0.1, -0.05) is 0 Å². The third kappa shape index (κ3) is 5.08. The average molecular weight is 421 g/mol. The molecular weight excluding hydrogens is 388 g/mol. The summed E-state index contributed by atoms with van der Waals surface area (Å²) < 4.78 is 11.9. The molecule has 0 N–H and O–H groups in total. The van der Waals surface area contributed by atoms with Crippen LogP contribution in [0.5, 0.6) is 0 Å². The lowest BCUT2D eigenvalue weighted by molar-refractivity contribution is -0.146. The van der Waals surface area contributed by atoms with Crippen molar-refractivity contribution in [2.45, 2.75) is 25.9 Å². The van der Waals surface area contributed by atoms with Gasteiger partial charge < -0.3 is 18.9 Å². The molecule has 2 aliphatic heterocycles. The van der Waals surface area contributed by atoms with E-state index in [-0.39, 0.29) is 29.5 Å². The first-order valence-electron chi connectivity index (χ1n) is 10.5. The minimum absolute atomic E-state index is 0.188. The molecule has 2 aliphatic rings. The Labute approximate surface area is 177 Å². The molecular formula is C21H32N4O5. The van der Waals surface area contributed by atoms with E-state index in [0.717, 1.165) is 26.1 Å². The van der Waals surface area contributed by atoms with Crippen LogP contribution in [0.1, 0.15) is 22.3 Å². The van der Waals surface area contributed by atoms with E-state index in [0.29, 0.717) is 38.4 Å². The van der Waals surface area contributed by atoms with E-state index in [1.165, 1.54) is 7.11 Å². The van der Waals surface area contributed by atoms with E-state index >= 15 is 0 Å². The molecule has 9 nitrogen and oxygen atoms in total. The van der Waals surface area contributed by atoms with Gasteiger partial charge in [0, 0.05) is 52.0 Å². The topological polar surface area (TPSA) is 84.3 Å². The molecule has 0 spiro atoms. The number of hydrogen-bond donors (Lipinski definition) is 0. The lowest BCUT2D eigenvalue weighted by atomic mass is 10.1. The summed E-state index contributed by atoms with van der Waals surface area (Å²) in [7, 11) is 3.20. The first-order chi connectivity index (χ1) is 14.4. The Hall–Kier alpha value is -2.23. The van der Waals surface area contributed by atoms with E-state index in [2.05, 4.69) is 4.90 Å². The first-order valence-corrected chi connectivity index (χ1v) is 10.5. The summed E-state index contributed by atoms with van der Waals surface area (Å²) in [4.78, 5) is 44.4. The van der Waals surface area contributed by atoms with E-state index < -0.39 is 6.04 Å². The summed E-state index contributed by atoms with van der Waals surface area (Å²) >= 11 is 0. The highest BCUT2D eigenvalue weighted by Crippen LogP contribution is 2.14. The molecule has 9 heteroatoms. The summed E-state index contributed by atoms with van der Waals surface area (Å²) in [5, 5.41) is 0. The molecule has 3 rings (SSSR count). The third-order valence-corrected chi connectivity index (χ3v) is 5.97. The van der Waals surface area contributed by atoms with Crippen LogP contribution in [-0.4, -0.2) is 104 Å². The molecule has 3 heterocycles. The van der Waals surface area contributed by atoms with Crippen molar-refractivity contribution in [2.24, 2.45) is 0 Å². The standard InChI is InChI=1S/C21H32N4O5/c1-16-5-8-24(10-9-23-11-13-30-14-12-23)19(26)18(16)20(27)25-7-4-6-22(2)17(15-25)21(28)29-3/h5,8,17H,4,6-7,9-15H2,1-3H3. The SMILES string of the molecule is COC(=O)C1CN(C(=O)c2c(C)ccn(CCN3CCOCC3)c2=O)CCCN1C. The molecule has 1 aromatic heterocycles.